The Labute approximate surface area is 140 Å². The predicted octanol–water partition coefficient (Wildman–Crippen LogP) is 2.40. The Hall–Kier alpha value is -2.01. The van der Waals surface area contributed by atoms with E-state index < -0.39 is 0 Å². The normalized spacial score (nSPS) is 32.0. The summed E-state index contributed by atoms with van der Waals surface area (Å²) in [5, 5.41) is 0. The zero-order valence-electron chi connectivity index (χ0n) is 12.9. The highest BCUT2D eigenvalue weighted by Gasteiger charge is 2.60. The average Bonchev–Trinajstić information content (AvgIpc) is 2.84. The van der Waals surface area contributed by atoms with Crippen molar-refractivity contribution in [2.75, 3.05) is 11.4 Å². The first kappa shape index (κ1) is 14.6. The van der Waals surface area contributed by atoms with Crippen LogP contribution in [0, 0.1) is 17.8 Å². The number of thiocarbonyl (C=S) groups is 1. The van der Waals surface area contributed by atoms with Gasteiger partial charge in [0.1, 0.15) is 0 Å². The lowest BCUT2D eigenvalue weighted by Gasteiger charge is -2.48. The van der Waals surface area contributed by atoms with E-state index in [1.54, 1.807) is 0 Å². The Bertz CT molecular complexity index is 715. The molecule has 2 fully saturated rings. The van der Waals surface area contributed by atoms with Crippen LogP contribution in [0.15, 0.2) is 42.5 Å². The summed E-state index contributed by atoms with van der Waals surface area (Å²) < 4.78 is 0. The monoisotopic (exact) mass is 326 g/mol. The molecule has 23 heavy (non-hydrogen) atoms. The molecule has 0 saturated carbocycles. The fraction of sp³-hybridized carbons (Fsp3) is 0.389. The van der Waals surface area contributed by atoms with E-state index in [1.165, 1.54) is 4.90 Å². The summed E-state index contributed by atoms with van der Waals surface area (Å²) in [6.45, 7) is 2.93. The van der Waals surface area contributed by atoms with Crippen molar-refractivity contribution in [2.45, 2.75) is 19.4 Å². The molecular formula is C18H18N2O2S. The van der Waals surface area contributed by atoms with Gasteiger partial charge < -0.3 is 4.90 Å². The molecule has 0 aromatic heterocycles. The van der Waals surface area contributed by atoms with Crippen molar-refractivity contribution in [2.24, 2.45) is 17.8 Å². The quantitative estimate of drug-likeness (QED) is 0.486. The Morgan fingerprint density at radius 3 is 2.43 bits per heavy atom. The van der Waals surface area contributed by atoms with Gasteiger partial charge in [-0.25, -0.2) is 4.90 Å². The second kappa shape index (κ2) is 5.27. The van der Waals surface area contributed by atoms with Crippen molar-refractivity contribution in [1.82, 2.24) is 4.90 Å². The van der Waals surface area contributed by atoms with Gasteiger partial charge in [0.05, 0.1) is 28.6 Å². The molecule has 4 nitrogen and oxygen atoms in total. The molecule has 0 spiro atoms. The van der Waals surface area contributed by atoms with Gasteiger partial charge in [-0.1, -0.05) is 49.5 Å². The van der Waals surface area contributed by atoms with E-state index in [9.17, 15) is 9.59 Å². The largest absolute Gasteiger partial charge is 0.358 e. The molecule has 1 aromatic rings. The number of carbonyl (C=O) groups excluding carboxylic acids is 2. The highest BCUT2D eigenvalue weighted by Crippen LogP contribution is 2.47. The second-order valence-electron chi connectivity index (χ2n) is 6.33. The topological polar surface area (TPSA) is 40.6 Å². The number of benzene rings is 1. The number of para-hydroxylation sites is 1. The van der Waals surface area contributed by atoms with Crippen molar-refractivity contribution < 1.29 is 9.59 Å². The highest BCUT2D eigenvalue weighted by atomic mass is 32.1. The molecule has 4 atom stereocenters. The summed E-state index contributed by atoms with van der Waals surface area (Å²) in [6.07, 6.45) is 5.07. The number of hydrogen-bond donors (Lipinski definition) is 0. The van der Waals surface area contributed by atoms with Crippen molar-refractivity contribution in [1.29, 1.82) is 0 Å². The molecule has 1 aliphatic carbocycles. The van der Waals surface area contributed by atoms with Crippen molar-refractivity contribution >= 4 is 34.7 Å². The molecule has 118 valence electrons. The number of hydrogen-bond acceptors (Lipinski definition) is 3. The van der Waals surface area contributed by atoms with Crippen molar-refractivity contribution in [3.8, 4) is 0 Å². The zero-order chi connectivity index (χ0) is 16.1. The summed E-state index contributed by atoms with van der Waals surface area (Å²) in [4.78, 5) is 30.3. The Morgan fingerprint density at radius 2 is 1.74 bits per heavy atom. The molecule has 5 heteroatoms. The van der Waals surface area contributed by atoms with E-state index in [0.717, 1.165) is 18.0 Å². The van der Waals surface area contributed by atoms with Gasteiger partial charge in [-0.05, 0) is 18.6 Å². The van der Waals surface area contributed by atoms with Crippen LogP contribution in [0.2, 0.25) is 0 Å². The van der Waals surface area contributed by atoms with Gasteiger partial charge in [-0.2, -0.15) is 0 Å². The minimum absolute atomic E-state index is 0.0809. The van der Waals surface area contributed by atoms with Gasteiger partial charge in [0, 0.05) is 12.5 Å². The average molecular weight is 326 g/mol. The number of piperidine rings is 1. The van der Waals surface area contributed by atoms with E-state index in [2.05, 4.69) is 17.9 Å². The van der Waals surface area contributed by atoms with Crippen LogP contribution in [-0.2, 0) is 9.59 Å². The van der Waals surface area contributed by atoms with Crippen molar-refractivity contribution in [3.05, 3.63) is 42.5 Å². The van der Waals surface area contributed by atoms with Gasteiger partial charge in [0.2, 0.25) is 11.8 Å². The van der Waals surface area contributed by atoms with Crippen LogP contribution in [0.1, 0.15) is 13.3 Å². The van der Waals surface area contributed by atoms with E-state index >= 15 is 0 Å². The molecule has 0 unspecified atom stereocenters. The molecular weight excluding hydrogens is 308 g/mol. The summed E-state index contributed by atoms with van der Waals surface area (Å²) in [5.41, 5.74) is 0.657. The summed E-state index contributed by atoms with van der Waals surface area (Å²) >= 11 is 5.61. The Kier molecular flexibility index (Phi) is 3.34. The maximum absolute atomic E-state index is 13.0. The molecule has 2 saturated heterocycles. The van der Waals surface area contributed by atoms with Crippen LogP contribution in [0.4, 0.5) is 5.69 Å². The SMILES string of the molecule is CCCN1C(=S)[C@H]2C=C[C@@H]1[C@@H]1C(=O)N(c3ccccc3)C(=O)[C@@H]12. The highest BCUT2D eigenvalue weighted by molar-refractivity contribution is 7.80. The first-order valence-electron chi connectivity index (χ1n) is 8.07. The summed E-state index contributed by atoms with van der Waals surface area (Å²) in [7, 11) is 0. The summed E-state index contributed by atoms with van der Waals surface area (Å²) in [5.74, 6) is -0.968. The van der Waals surface area contributed by atoms with E-state index in [0.29, 0.717) is 5.69 Å². The van der Waals surface area contributed by atoms with Gasteiger partial charge in [-0.3, -0.25) is 9.59 Å². The molecule has 2 amide bonds. The smallest absolute Gasteiger partial charge is 0.240 e. The minimum Gasteiger partial charge on any atom is -0.358 e. The lowest BCUT2D eigenvalue weighted by atomic mass is 9.70. The number of nitrogens with zero attached hydrogens (tertiary/aromatic N) is 2. The Morgan fingerprint density at radius 1 is 1.04 bits per heavy atom. The predicted molar refractivity (Wildman–Crippen MR) is 91.9 cm³/mol. The van der Waals surface area contributed by atoms with Gasteiger partial charge >= 0.3 is 0 Å². The van der Waals surface area contributed by atoms with Gasteiger partial charge in [0.25, 0.3) is 0 Å². The standard InChI is InChI=1S/C18H18N2O2S/c1-2-10-19-13-9-8-12(18(19)23)14-15(13)17(22)20(16(14)21)11-6-4-3-5-7-11/h3-9,12-15H,2,10H2,1H3/t12-,13+,14+,15-/m0/s1. The van der Waals surface area contributed by atoms with Crippen LogP contribution in [0.3, 0.4) is 0 Å². The van der Waals surface area contributed by atoms with E-state index in [1.807, 2.05) is 36.4 Å². The first-order chi connectivity index (χ1) is 11.1. The number of fused-ring (bicyclic) bond motifs is 1. The van der Waals surface area contributed by atoms with Crippen LogP contribution >= 0.6 is 12.2 Å². The zero-order valence-corrected chi connectivity index (χ0v) is 13.7. The fourth-order valence-electron chi connectivity index (χ4n) is 4.13. The molecule has 3 aliphatic heterocycles. The summed E-state index contributed by atoms with van der Waals surface area (Å²) in [6, 6.07) is 9.11. The number of rotatable bonds is 3. The Balaban J connectivity index is 1.75. The lowest BCUT2D eigenvalue weighted by Crippen LogP contribution is -2.58. The lowest BCUT2D eigenvalue weighted by molar-refractivity contribution is -0.123. The molecule has 5 rings (SSSR count). The number of amides is 2. The molecule has 0 N–H and O–H groups in total. The maximum atomic E-state index is 13.0. The molecule has 1 aromatic carbocycles. The number of imide groups is 1. The number of anilines is 1. The van der Waals surface area contributed by atoms with Crippen LogP contribution in [-0.4, -0.2) is 34.3 Å². The van der Waals surface area contributed by atoms with Gasteiger partial charge in [-0.15, -0.1) is 0 Å². The molecule has 2 bridgehead atoms. The van der Waals surface area contributed by atoms with Crippen molar-refractivity contribution in [3.63, 3.8) is 0 Å². The van der Waals surface area contributed by atoms with Crippen LogP contribution in [0.5, 0.6) is 0 Å². The number of carbonyl (C=O) groups is 2. The maximum Gasteiger partial charge on any atom is 0.240 e. The minimum atomic E-state index is -0.335. The molecule has 4 aliphatic rings. The van der Waals surface area contributed by atoms with Crippen LogP contribution < -0.4 is 4.90 Å². The molecule has 0 radical (unpaired) electrons. The fourth-order valence-corrected chi connectivity index (χ4v) is 4.56. The third kappa shape index (κ3) is 1.92. The third-order valence-electron chi connectivity index (χ3n) is 5.08. The van der Waals surface area contributed by atoms with Crippen LogP contribution in [0.25, 0.3) is 0 Å². The van der Waals surface area contributed by atoms with E-state index in [-0.39, 0.29) is 35.6 Å². The van der Waals surface area contributed by atoms with E-state index in [4.69, 9.17) is 12.2 Å². The first-order valence-corrected chi connectivity index (χ1v) is 8.47. The molecule has 3 heterocycles. The second-order valence-corrected chi connectivity index (χ2v) is 6.75. The van der Waals surface area contributed by atoms with Gasteiger partial charge in [0.15, 0.2) is 0 Å². The third-order valence-corrected chi connectivity index (χ3v) is 5.58.